The SMILES string of the molecule is CCCNC(C)(CCCSc1nc(C)cc(=O)[nH]1)C(N)=O. The van der Waals surface area contributed by atoms with Gasteiger partial charge in [-0.25, -0.2) is 4.98 Å². The summed E-state index contributed by atoms with van der Waals surface area (Å²) in [6.45, 7) is 6.43. The summed E-state index contributed by atoms with van der Waals surface area (Å²) in [6, 6.07) is 1.46. The molecule has 118 valence electrons. The third-order valence-corrected chi connectivity index (χ3v) is 4.18. The molecule has 0 aliphatic carbocycles. The van der Waals surface area contributed by atoms with Gasteiger partial charge in [0, 0.05) is 17.5 Å². The Balaban J connectivity index is 2.47. The Labute approximate surface area is 129 Å². The number of carbonyl (C=O) groups is 1. The lowest BCUT2D eigenvalue weighted by molar-refractivity contribution is -0.124. The van der Waals surface area contributed by atoms with Crippen molar-refractivity contribution in [3.63, 3.8) is 0 Å². The lowest BCUT2D eigenvalue weighted by Gasteiger charge is -2.27. The summed E-state index contributed by atoms with van der Waals surface area (Å²) in [4.78, 5) is 29.8. The Morgan fingerprint density at radius 2 is 2.29 bits per heavy atom. The Morgan fingerprint density at radius 3 is 2.86 bits per heavy atom. The summed E-state index contributed by atoms with van der Waals surface area (Å²) in [5.41, 5.74) is 5.36. The van der Waals surface area contributed by atoms with Crippen molar-refractivity contribution in [1.29, 1.82) is 0 Å². The molecule has 0 aromatic carbocycles. The maximum Gasteiger partial charge on any atom is 0.251 e. The van der Waals surface area contributed by atoms with Crippen LogP contribution in [0.3, 0.4) is 0 Å². The number of aromatic amines is 1. The first-order valence-corrected chi connectivity index (χ1v) is 8.11. The Hall–Kier alpha value is -1.34. The molecule has 0 aliphatic heterocycles. The molecule has 1 amide bonds. The molecule has 0 aliphatic rings. The zero-order valence-electron chi connectivity index (χ0n) is 12.9. The summed E-state index contributed by atoms with van der Waals surface area (Å²) >= 11 is 1.48. The molecule has 21 heavy (non-hydrogen) atoms. The normalized spacial score (nSPS) is 13.9. The van der Waals surface area contributed by atoms with Crippen molar-refractivity contribution >= 4 is 17.7 Å². The van der Waals surface area contributed by atoms with E-state index in [4.69, 9.17) is 5.73 Å². The molecular weight excluding hydrogens is 288 g/mol. The summed E-state index contributed by atoms with van der Waals surface area (Å²) in [6.07, 6.45) is 2.41. The number of nitrogens with zero attached hydrogens (tertiary/aromatic N) is 1. The van der Waals surface area contributed by atoms with Gasteiger partial charge in [-0.2, -0.15) is 0 Å². The lowest BCUT2D eigenvalue weighted by atomic mass is 9.95. The highest BCUT2D eigenvalue weighted by Gasteiger charge is 2.29. The van der Waals surface area contributed by atoms with Gasteiger partial charge in [0.1, 0.15) is 0 Å². The zero-order valence-corrected chi connectivity index (χ0v) is 13.7. The van der Waals surface area contributed by atoms with Crippen LogP contribution < -0.4 is 16.6 Å². The van der Waals surface area contributed by atoms with Crippen LogP contribution >= 0.6 is 11.8 Å². The molecule has 0 fully saturated rings. The van der Waals surface area contributed by atoms with E-state index in [0.29, 0.717) is 17.3 Å². The van der Waals surface area contributed by atoms with E-state index in [9.17, 15) is 9.59 Å². The van der Waals surface area contributed by atoms with E-state index in [1.165, 1.54) is 17.8 Å². The highest BCUT2D eigenvalue weighted by atomic mass is 32.2. The molecule has 1 aromatic heterocycles. The second kappa shape index (κ2) is 8.19. The standard InChI is InChI=1S/C14H24N4O2S/c1-4-7-16-14(3,12(15)20)6-5-8-21-13-17-10(2)9-11(19)18-13/h9,16H,4-8H2,1-3H3,(H2,15,20)(H,17,18,19). The monoisotopic (exact) mass is 312 g/mol. The number of rotatable bonds is 9. The highest BCUT2D eigenvalue weighted by Crippen LogP contribution is 2.18. The fourth-order valence-electron chi connectivity index (χ4n) is 1.91. The van der Waals surface area contributed by atoms with Crippen molar-refractivity contribution in [2.75, 3.05) is 12.3 Å². The van der Waals surface area contributed by atoms with Crippen LogP contribution in [0, 0.1) is 6.92 Å². The average Bonchev–Trinajstić information content (AvgIpc) is 2.40. The van der Waals surface area contributed by atoms with Crippen LogP contribution in [0.15, 0.2) is 16.0 Å². The van der Waals surface area contributed by atoms with Gasteiger partial charge in [0.05, 0.1) is 5.54 Å². The number of nitrogens with two attached hydrogens (primary N) is 1. The molecule has 1 atom stereocenters. The van der Waals surface area contributed by atoms with Crippen molar-refractivity contribution in [2.24, 2.45) is 5.73 Å². The predicted molar refractivity (Wildman–Crippen MR) is 85.4 cm³/mol. The molecule has 7 heteroatoms. The number of nitrogens with one attached hydrogen (secondary N) is 2. The van der Waals surface area contributed by atoms with Crippen LogP contribution in [-0.4, -0.2) is 33.7 Å². The van der Waals surface area contributed by atoms with Gasteiger partial charge in [0.25, 0.3) is 5.56 Å². The molecule has 0 saturated carbocycles. The van der Waals surface area contributed by atoms with Gasteiger partial charge in [0.2, 0.25) is 5.91 Å². The molecule has 4 N–H and O–H groups in total. The van der Waals surface area contributed by atoms with Crippen LogP contribution in [0.4, 0.5) is 0 Å². The van der Waals surface area contributed by atoms with Crippen LogP contribution in [0.5, 0.6) is 0 Å². The second-order valence-corrected chi connectivity index (χ2v) is 6.35. The molecule has 1 heterocycles. The zero-order chi connectivity index (χ0) is 15.9. The van der Waals surface area contributed by atoms with Gasteiger partial charge in [-0.05, 0) is 39.7 Å². The van der Waals surface area contributed by atoms with Gasteiger partial charge in [-0.1, -0.05) is 18.7 Å². The van der Waals surface area contributed by atoms with Crippen molar-refractivity contribution in [2.45, 2.75) is 50.7 Å². The van der Waals surface area contributed by atoms with Crippen molar-refractivity contribution in [1.82, 2.24) is 15.3 Å². The van der Waals surface area contributed by atoms with E-state index in [-0.39, 0.29) is 11.5 Å². The first kappa shape index (κ1) is 17.7. The summed E-state index contributed by atoms with van der Waals surface area (Å²) in [5.74, 6) is 0.436. The van der Waals surface area contributed by atoms with E-state index in [1.807, 2.05) is 13.8 Å². The number of H-pyrrole nitrogens is 1. The third kappa shape index (κ3) is 5.89. The minimum Gasteiger partial charge on any atom is -0.368 e. The molecular formula is C14H24N4O2S. The fourth-order valence-corrected chi connectivity index (χ4v) is 2.78. The molecule has 0 saturated heterocycles. The number of hydrogen-bond donors (Lipinski definition) is 3. The smallest absolute Gasteiger partial charge is 0.251 e. The summed E-state index contributed by atoms with van der Waals surface area (Å²) in [5, 5.41) is 3.82. The molecule has 0 spiro atoms. The Morgan fingerprint density at radius 1 is 1.57 bits per heavy atom. The van der Waals surface area contributed by atoms with Gasteiger partial charge in [-0.3, -0.25) is 9.59 Å². The molecule has 0 radical (unpaired) electrons. The van der Waals surface area contributed by atoms with Crippen LogP contribution in [-0.2, 0) is 4.79 Å². The first-order valence-electron chi connectivity index (χ1n) is 7.13. The quantitative estimate of drug-likeness (QED) is 0.361. The Kier molecular flexibility index (Phi) is 6.91. The van der Waals surface area contributed by atoms with Crippen molar-refractivity contribution < 1.29 is 4.79 Å². The van der Waals surface area contributed by atoms with Crippen LogP contribution in [0.1, 0.15) is 38.8 Å². The number of thioether (sulfide) groups is 1. The molecule has 0 bridgehead atoms. The minimum atomic E-state index is -0.677. The number of aryl methyl sites for hydroxylation is 1. The largest absolute Gasteiger partial charge is 0.368 e. The van der Waals surface area contributed by atoms with Crippen molar-refractivity contribution in [3.05, 3.63) is 22.1 Å². The minimum absolute atomic E-state index is 0.142. The van der Waals surface area contributed by atoms with Crippen LogP contribution in [0.2, 0.25) is 0 Å². The highest BCUT2D eigenvalue weighted by molar-refractivity contribution is 7.99. The molecule has 1 unspecified atom stereocenters. The third-order valence-electron chi connectivity index (χ3n) is 3.22. The number of primary amides is 1. The van der Waals surface area contributed by atoms with Gasteiger partial charge < -0.3 is 16.0 Å². The van der Waals surface area contributed by atoms with Gasteiger partial charge >= 0.3 is 0 Å². The van der Waals surface area contributed by atoms with E-state index >= 15 is 0 Å². The van der Waals surface area contributed by atoms with E-state index in [2.05, 4.69) is 15.3 Å². The van der Waals surface area contributed by atoms with E-state index < -0.39 is 5.54 Å². The fraction of sp³-hybridized carbons (Fsp3) is 0.643. The maximum atomic E-state index is 11.6. The topological polar surface area (TPSA) is 101 Å². The predicted octanol–water partition coefficient (Wildman–Crippen LogP) is 1.19. The molecule has 1 aromatic rings. The average molecular weight is 312 g/mol. The maximum absolute atomic E-state index is 11.6. The van der Waals surface area contributed by atoms with Gasteiger partial charge in [0.15, 0.2) is 5.16 Å². The Bertz CT molecular complexity index is 532. The molecule has 1 rings (SSSR count). The lowest BCUT2D eigenvalue weighted by Crippen LogP contribution is -2.53. The van der Waals surface area contributed by atoms with Crippen LogP contribution in [0.25, 0.3) is 0 Å². The van der Waals surface area contributed by atoms with E-state index in [1.54, 1.807) is 6.92 Å². The first-order chi connectivity index (χ1) is 9.87. The second-order valence-electron chi connectivity index (χ2n) is 5.27. The number of aromatic nitrogens is 2. The summed E-state index contributed by atoms with van der Waals surface area (Å²) in [7, 11) is 0. The number of carbonyl (C=O) groups excluding carboxylic acids is 1. The van der Waals surface area contributed by atoms with Gasteiger partial charge in [-0.15, -0.1) is 0 Å². The number of amides is 1. The van der Waals surface area contributed by atoms with Crippen molar-refractivity contribution in [3.8, 4) is 0 Å². The molecule has 6 nitrogen and oxygen atoms in total. The summed E-state index contributed by atoms with van der Waals surface area (Å²) < 4.78 is 0. The van der Waals surface area contributed by atoms with E-state index in [0.717, 1.165) is 25.1 Å². The number of hydrogen-bond acceptors (Lipinski definition) is 5.